The summed E-state index contributed by atoms with van der Waals surface area (Å²) in [6, 6.07) is 10.6. The Labute approximate surface area is 209 Å². The molecular weight excluding hydrogens is 471 g/mol. The number of benzene rings is 1. The van der Waals surface area contributed by atoms with E-state index in [1.54, 1.807) is 12.3 Å². The fraction of sp³-hybridized carbons (Fsp3) is 0.500. The van der Waals surface area contributed by atoms with Crippen LogP contribution in [0.1, 0.15) is 67.3 Å². The largest absolute Gasteiger partial charge is 0.352 e. The van der Waals surface area contributed by atoms with Crippen molar-refractivity contribution in [1.82, 2.24) is 15.6 Å². The topological polar surface area (TPSA) is 74.3 Å². The standard InChI is InChI=1S/C26H28Cl2N4O2/c27-21-7-2-16(11-22(21)28)26(9-10-26)25(34)31-18-12-19-5-6-20(13-18)32(19)23-8-1-15(14-29-23)24(33)30-17-3-4-17/h1-2,7-8,11,14,17-20H,3-6,9-10,12-13H2,(H,30,33)(H,31,34). The smallest absolute Gasteiger partial charge is 0.253 e. The summed E-state index contributed by atoms with van der Waals surface area (Å²) in [5.74, 6) is 0.990. The predicted octanol–water partition coefficient (Wildman–Crippen LogP) is 4.63. The molecule has 2 bridgehead atoms. The van der Waals surface area contributed by atoms with Crippen LogP contribution < -0.4 is 15.5 Å². The van der Waals surface area contributed by atoms with Crippen LogP contribution in [-0.2, 0) is 10.2 Å². The van der Waals surface area contributed by atoms with Crippen LogP contribution in [0.2, 0.25) is 10.0 Å². The Bertz CT molecular complexity index is 1120. The molecule has 6 nitrogen and oxygen atoms in total. The summed E-state index contributed by atoms with van der Waals surface area (Å²) in [5.41, 5.74) is 1.10. The summed E-state index contributed by atoms with van der Waals surface area (Å²) in [6.07, 6.45) is 9.52. The average Bonchev–Trinajstić information content (AvgIpc) is 3.75. The number of carbonyl (C=O) groups excluding carboxylic acids is 2. The van der Waals surface area contributed by atoms with Gasteiger partial charge in [-0.2, -0.15) is 0 Å². The number of hydrogen-bond acceptors (Lipinski definition) is 4. The Morgan fingerprint density at radius 3 is 2.24 bits per heavy atom. The summed E-state index contributed by atoms with van der Waals surface area (Å²) < 4.78 is 0. The third-order valence-corrected chi connectivity index (χ3v) is 8.65. The molecule has 2 atom stereocenters. The predicted molar refractivity (Wildman–Crippen MR) is 133 cm³/mol. The van der Waals surface area contributed by atoms with Crippen LogP contribution in [0, 0.1) is 0 Å². The molecule has 2 saturated carbocycles. The first-order valence-electron chi connectivity index (χ1n) is 12.2. The SMILES string of the molecule is O=C(NC1CC1)c1ccc(N2C3CCC2CC(NC(=O)C2(c4ccc(Cl)c(Cl)c4)CC2)C3)nc1. The molecule has 3 heterocycles. The minimum absolute atomic E-state index is 0.0399. The van der Waals surface area contributed by atoms with E-state index in [1.807, 2.05) is 24.3 Å². The van der Waals surface area contributed by atoms with Crippen molar-refractivity contribution in [3.63, 3.8) is 0 Å². The van der Waals surface area contributed by atoms with Gasteiger partial charge in [0.1, 0.15) is 5.82 Å². The molecule has 2 amide bonds. The lowest BCUT2D eigenvalue weighted by Crippen LogP contribution is -2.52. The molecule has 4 fully saturated rings. The van der Waals surface area contributed by atoms with Gasteiger partial charge in [-0.3, -0.25) is 9.59 Å². The van der Waals surface area contributed by atoms with Crippen LogP contribution in [0.5, 0.6) is 0 Å². The number of anilines is 1. The highest BCUT2D eigenvalue weighted by molar-refractivity contribution is 6.42. The van der Waals surface area contributed by atoms with Gasteiger partial charge in [-0.15, -0.1) is 0 Å². The van der Waals surface area contributed by atoms with E-state index < -0.39 is 5.41 Å². The first-order chi connectivity index (χ1) is 16.4. The minimum atomic E-state index is -0.469. The Balaban J connectivity index is 1.11. The van der Waals surface area contributed by atoms with E-state index in [0.717, 1.165) is 62.7 Å². The van der Waals surface area contributed by atoms with E-state index in [4.69, 9.17) is 23.2 Å². The van der Waals surface area contributed by atoms with Gasteiger partial charge in [0.15, 0.2) is 0 Å². The van der Waals surface area contributed by atoms with Crippen molar-refractivity contribution in [1.29, 1.82) is 0 Å². The van der Waals surface area contributed by atoms with Crippen LogP contribution in [-0.4, -0.2) is 41.0 Å². The lowest BCUT2D eigenvalue weighted by molar-refractivity contribution is -0.124. The molecule has 2 saturated heterocycles. The number of pyridine rings is 1. The molecule has 0 radical (unpaired) electrons. The maximum absolute atomic E-state index is 13.3. The van der Waals surface area contributed by atoms with Crippen LogP contribution in [0.15, 0.2) is 36.5 Å². The number of aromatic nitrogens is 1. The average molecular weight is 499 g/mol. The van der Waals surface area contributed by atoms with Gasteiger partial charge in [0.2, 0.25) is 5.91 Å². The molecular formula is C26H28Cl2N4O2. The zero-order valence-electron chi connectivity index (χ0n) is 18.9. The Morgan fingerprint density at radius 2 is 1.65 bits per heavy atom. The van der Waals surface area contributed by atoms with E-state index in [0.29, 0.717) is 33.7 Å². The third-order valence-electron chi connectivity index (χ3n) is 7.91. The van der Waals surface area contributed by atoms with Crippen LogP contribution >= 0.6 is 23.2 Å². The van der Waals surface area contributed by atoms with Crippen molar-refractivity contribution in [2.75, 3.05) is 4.90 Å². The Kier molecular flexibility index (Phi) is 5.49. The quantitative estimate of drug-likeness (QED) is 0.608. The van der Waals surface area contributed by atoms with Gasteiger partial charge in [-0.1, -0.05) is 29.3 Å². The number of halogens is 2. The summed E-state index contributed by atoms with van der Waals surface area (Å²) in [6.45, 7) is 0. The normalized spacial score (nSPS) is 26.8. The molecule has 1 aromatic carbocycles. The first-order valence-corrected chi connectivity index (χ1v) is 13.0. The zero-order valence-corrected chi connectivity index (χ0v) is 20.4. The number of rotatable bonds is 6. The summed E-state index contributed by atoms with van der Waals surface area (Å²) in [4.78, 5) is 32.6. The van der Waals surface area contributed by atoms with E-state index in [2.05, 4.69) is 20.5 Å². The van der Waals surface area contributed by atoms with Crippen molar-refractivity contribution in [2.24, 2.45) is 0 Å². The maximum atomic E-state index is 13.3. The highest BCUT2D eigenvalue weighted by Gasteiger charge is 2.52. The minimum Gasteiger partial charge on any atom is -0.352 e. The van der Waals surface area contributed by atoms with Gasteiger partial charge in [0, 0.05) is 30.4 Å². The lowest BCUT2D eigenvalue weighted by atomic mass is 9.92. The Morgan fingerprint density at radius 1 is 0.912 bits per heavy atom. The molecule has 2 unspecified atom stereocenters. The molecule has 2 aromatic rings. The molecule has 4 aliphatic rings. The number of carbonyl (C=O) groups is 2. The zero-order chi connectivity index (χ0) is 23.4. The maximum Gasteiger partial charge on any atom is 0.253 e. The molecule has 2 aliphatic heterocycles. The van der Waals surface area contributed by atoms with Gasteiger partial charge >= 0.3 is 0 Å². The second-order valence-electron chi connectivity index (χ2n) is 10.3. The Hall–Kier alpha value is -2.31. The molecule has 2 N–H and O–H groups in total. The van der Waals surface area contributed by atoms with E-state index in [1.165, 1.54) is 0 Å². The van der Waals surface area contributed by atoms with Gasteiger partial charge in [0.25, 0.3) is 5.91 Å². The molecule has 6 rings (SSSR count). The number of fused-ring (bicyclic) bond motifs is 2. The first kappa shape index (κ1) is 22.2. The van der Waals surface area contributed by atoms with Gasteiger partial charge in [-0.25, -0.2) is 4.98 Å². The molecule has 2 aliphatic carbocycles. The van der Waals surface area contributed by atoms with Gasteiger partial charge in [0.05, 0.1) is 21.0 Å². The van der Waals surface area contributed by atoms with E-state index in [-0.39, 0.29) is 17.9 Å². The van der Waals surface area contributed by atoms with Gasteiger partial charge in [-0.05, 0) is 81.2 Å². The summed E-state index contributed by atoms with van der Waals surface area (Å²) in [5, 5.41) is 7.37. The molecule has 178 valence electrons. The van der Waals surface area contributed by atoms with Crippen molar-refractivity contribution >= 4 is 40.8 Å². The number of nitrogens with zero attached hydrogens (tertiary/aromatic N) is 2. The second-order valence-corrected chi connectivity index (χ2v) is 11.1. The monoisotopic (exact) mass is 498 g/mol. The van der Waals surface area contributed by atoms with Crippen LogP contribution in [0.3, 0.4) is 0 Å². The van der Waals surface area contributed by atoms with E-state index in [9.17, 15) is 9.59 Å². The molecule has 0 spiro atoms. The fourth-order valence-electron chi connectivity index (χ4n) is 5.73. The lowest BCUT2D eigenvalue weighted by Gasteiger charge is -2.40. The van der Waals surface area contributed by atoms with Crippen molar-refractivity contribution in [3.05, 3.63) is 57.7 Å². The molecule has 1 aromatic heterocycles. The number of nitrogens with one attached hydrogen (secondary N) is 2. The van der Waals surface area contributed by atoms with Crippen molar-refractivity contribution in [2.45, 2.75) is 80.9 Å². The number of amides is 2. The van der Waals surface area contributed by atoms with Crippen LogP contribution in [0.4, 0.5) is 5.82 Å². The second kappa shape index (κ2) is 8.42. The number of hydrogen-bond donors (Lipinski definition) is 2. The van der Waals surface area contributed by atoms with Gasteiger partial charge < -0.3 is 15.5 Å². The third kappa shape index (κ3) is 4.05. The van der Waals surface area contributed by atoms with Crippen molar-refractivity contribution < 1.29 is 9.59 Å². The summed E-state index contributed by atoms with van der Waals surface area (Å²) in [7, 11) is 0. The fourth-order valence-corrected chi connectivity index (χ4v) is 6.03. The van der Waals surface area contributed by atoms with E-state index >= 15 is 0 Å². The summed E-state index contributed by atoms with van der Waals surface area (Å²) >= 11 is 12.3. The number of piperidine rings is 1. The highest BCUT2D eigenvalue weighted by Crippen LogP contribution is 2.50. The van der Waals surface area contributed by atoms with Crippen molar-refractivity contribution in [3.8, 4) is 0 Å². The molecule has 34 heavy (non-hydrogen) atoms. The van der Waals surface area contributed by atoms with Crippen LogP contribution in [0.25, 0.3) is 0 Å². The molecule has 8 heteroatoms. The highest BCUT2D eigenvalue weighted by atomic mass is 35.5.